The van der Waals surface area contributed by atoms with Crippen LogP contribution in [0.2, 0.25) is 0 Å². The molecule has 2 aliphatic carbocycles. The average Bonchev–Trinajstić information content (AvgIpc) is 3.00. The molecule has 0 amide bonds. The van der Waals surface area contributed by atoms with Gasteiger partial charge in [-0.05, 0) is 63.5 Å². The van der Waals surface area contributed by atoms with Gasteiger partial charge in [0.05, 0.1) is 12.1 Å². The van der Waals surface area contributed by atoms with Gasteiger partial charge in [-0.3, -0.25) is 4.90 Å². The molecule has 2 saturated carbocycles. The molecule has 0 aromatic heterocycles. The van der Waals surface area contributed by atoms with Crippen molar-refractivity contribution in [2.75, 3.05) is 26.2 Å². The fourth-order valence-electron chi connectivity index (χ4n) is 4.84. The average molecular weight is 280 g/mol. The van der Waals surface area contributed by atoms with E-state index in [0.29, 0.717) is 12.5 Å². The summed E-state index contributed by atoms with van der Waals surface area (Å²) in [6.45, 7) is 5.77. The van der Waals surface area contributed by atoms with Gasteiger partial charge in [-0.2, -0.15) is 0 Å². The maximum Gasteiger partial charge on any atom is 0.0628 e. The molecule has 2 atom stereocenters. The Morgan fingerprint density at radius 1 is 1.10 bits per heavy atom. The third-order valence-corrected chi connectivity index (χ3v) is 6.01. The summed E-state index contributed by atoms with van der Waals surface area (Å²) < 4.78 is 0. The summed E-state index contributed by atoms with van der Waals surface area (Å²) in [5.41, 5.74) is -0.0179. The Labute approximate surface area is 124 Å². The Morgan fingerprint density at radius 2 is 1.85 bits per heavy atom. The standard InChI is InChI=1S/C17H32N2O/c1-2-18-17(13-20,15-9-10-15)12-19-11-5-8-16(19)14-6-3-4-7-14/h14-16,18,20H,2-13H2,1H3. The Kier molecular flexibility index (Phi) is 4.68. The maximum atomic E-state index is 10.0. The highest BCUT2D eigenvalue weighted by atomic mass is 16.3. The Balaban J connectivity index is 1.67. The molecule has 1 saturated heterocycles. The van der Waals surface area contributed by atoms with Crippen LogP contribution in [0.25, 0.3) is 0 Å². The minimum absolute atomic E-state index is 0.0179. The molecular formula is C17H32N2O. The number of nitrogens with one attached hydrogen (secondary N) is 1. The predicted octanol–water partition coefficient (Wildman–Crippen LogP) is 2.39. The fourth-order valence-corrected chi connectivity index (χ4v) is 4.84. The van der Waals surface area contributed by atoms with E-state index in [0.717, 1.165) is 25.0 Å². The van der Waals surface area contributed by atoms with Crippen LogP contribution in [0.4, 0.5) is 0 Å². The van der Waals surface area contributed by atoms with Crippen molar-refractivity contribution in [1.29, 1.82) is 0 Å². The highest BCUT2D eigenvalue weighted by Crippen LogP contribution is 2.42. The summed E-state index contributed by atoms with van der Waals surface area (Å²) in [6.07, 6.45) is 11.1. The first-order valence-corrected chi connectivity index (χ1v) is 8.89. The number of likely N-dealkylation sites (tertiary alicyclic amines) is 1. The first-order chi connectivity index (χ1) is 9.79. The maximum absolute atomic E-state index is 10.0. The van der Waals surface area contributed by atoms with E-state index in [2.05, 4.69) is 17.1 Å². The smallest absolute Gasteiger partial charge is 0.0628 e. The number of hydrogen-bond acceptors (Lipinski definition) is 3. The van der Waals surface area contributed by atoms with Crippen molar-refractivity contribution in [2.45, 2.75) is 69.9 Å². The molecule has 0 aromatic carbocycles. The van der Waals surface area contributed by atoms with Crippen LogP contribution in [0, 0.1) is 11.8 Å². The van der Waals surface area contributed by atoms with Crippen LogP contribution in [-0.2, 0) is 0 Å². The minimum Gasteiger partial charge on any atom is -0.394 e. The number of hydrogen-bond donors (Lipinski definition) is 2. The van der Waals surface area contributed by atoms with E-state index < -0.39 is 0 Å². The third kappa shape index (κ3) is 2.90. The SMILES string of the molecule is CCNC(CO)(CN1CCCC1C1CCCC1)C1CC1. The second-order valence-electron chi connectivity index (χ2n) is 7.34. The molecule has 3 nitrogen and oxygen atoms in total. The van der Waals surface area contributed by atoms with Gasteiger partial charge in [-0.15, -0.1) is 0 Å². The quantitative estimate of drug-likeness (QED) is 0.751. The summed E-state index contributed by atoms with van der Waals surface area (Å²) in [4.78, 5) is 2.73. The second-order valence-corrected chi connectivity index (χ2v) is 7.34. The van der Waals surface area contributed by atoms with Crippen molar-refractivity contribution in [2.24, 2.45) is 11.8 Å². The molecule has 0 bridgehead atoms. The van der Waals surface area contributed by atoms with Gasteiger partial charge >= 0.3 is 0 Å². The lowest BCUT2D eigenvalue weighted by Gasteiger charge is -2.40. The van der Waals surface area contributed by atoms with Crippen molar-refractivity contribution in [3.63, 3.8) is 0 Å². The fraction of sp³-hybridized carbons (Fsp3) is 1.00. The van der Waals surface area contributed by atoms with Crippen LogP contribution in [0.3, 0.4) is 0 Å². The molecule has 3 rings (SSSR count). The molecule has 3 heteroatoms. The van der Waals surface area contributed by atoms with Crippen molar-refractivity contribution in [3.8, 4) is 0 Å². The lowest BCUT2D eigenvalue weighted by molar-refractivity contribution is 0.0735. The lowest BCUT2D eigenvalue weighted by atomic mass is 9.90. The monoisotopic (exact) mass is 280 g/mol. The van der Waals surface area contributed by atoms with E-state index >= 15 is 0 Å². The van der Waals surface area contributed by atoms with E-state index in [4.69, 9.17) is 0 Å². The van der Waals surface area contributed by atoms with Gasteiger partial charge in [0.1, 0.15) is 0 Å². The first kappa shape index (κ1) is 14.8. The Morgan fingerprint density at radius 3 is 2.45 bits per heavy atom. The normalized spacial score (nSPS) is 31.8. The van der Waals surface area contributed by atoms with Crippen LogP contribution in [0.5, 0.6) is 0 Å². The summed E-state index contributed by atoms with van der Waals surface area (Å²) in [5.74, 6) is 1.65. The molecule has 1 heterocycles. The van der Waals surface area contributed by atoms with E-state index in [-0.39, 0.29) is 5.54 Å². The first-order valence-electron chi connectivity index (χ1n) is 8.89. The van der Waals surface area contributed by atoms with Gasteiger partial charge < -0.3 is 10.4 Å². The zero-order valence-electron chi connectivity index (χ0n) is 13.1. The van der Waals surface area contributed by atoms with Crippen LogP contribution >= 0.6 is 0 Å². The van der Waals surface area contributed by atoms with E-state index in [1.165, 1.54) is 57.9 Å². The summed E-state index contributed by atoms with van der Waals surface area (Å²) >= 11 is 0. The third-order valence-electron chi connectivity index (χ3n) is 6.01. The van der Waals surface area contributed by atoms with Gasteiger partial charge in [0.2, 0.25) is 0 Å². The Hall–Kier alpha value is -0.120. The molecule has 0 spiro atoms. The number of rotatable bonds is 7. The van der Waals surface area contributed by atoms with E-state index in [1.54, 1.807) is 0 Å². The van der Waals surface area contributed by atoms with E-state index in [9.17, 15) is 5.11 Å². The van der Waals surface area contributed by atoms with Gasteiger partial charge in [0.25, 0.3) is 0 Å². The van der Waals surface area contributed by atoms with Gasteiger partial charge in [0, 0.05) is 12.6 Å². The molecule has 1 aliphatic heterocycles. The summed E-state index contributed by atoms with van der Waals surface area (Å²) in [6, 6.07) is 0.806. The van der Waals surface area contributed by atoms with Crippen LogP contribution in [0.1, 0.15) is 58.3 Å². The minimum atomic E-state index is -0.0179. The molecule has 3 fully saturated rings. The molecular weight excluding hydrogens is 248 g/mol. The zero-order valence-corrected chi connectivity index (χ0v) is 13.1. The molecule has 20 heavy (non-hydrogen) atoms. The van der Waals surface area contributed by atoms with E-state index in [1.807, 2.05) is 0 Å². The molecule has 2 unspecified atom stereocenters. The zero-order chi connectivity index (χ0) is 14.0. The largest absolute Gasteiger partial charge is 0.394 e. The molecule has 2 N–H and O–H groups in total. The van der Waals surface area contributed by atoms with Crippen molar-refractivity contribution >= 4 is 0 Å². The van der Waals surface area contributed by atoms with Crippen molar-refractivity contribution in [3.05, 3.63) is 0 Å². The van der Waals surface area contributed by atoms with Gasteiger partial charge in [0.15, 0.2) is 0 Å². The Bertz CT molecular complexity index is 312. The van der Waals surface area contributed by atoms with Gasteiger partial charge in [-0.1, -0.05) is 19.8 Å². The highest BCUT2D eigenvalue weighted by molar-refractivity contribution is 5.04. The summed E-state index contributed by atoms with van der Waals surface area (Å²) in [5, 5.41) is 13.7. The topological polar surface area (TPSA) is 35.5 Å². The predicted molar refractivity (Wildman–Crippen MR) is 82.8 cm³/mol. The van der Waals surface area contributed by atoms with Gasteiger partial charge in [-0.25, -0.2) is 0 Å². The second kappa shape index (κ2) is 6.33. The highest BCUT2D eigenvalue weighted by Gasteiger charge is 2.47. The number of aliphatic hydroxyl groups is 1. The number of likely N-dealkylation sites (N-methyl/N-ethyl adjacent to an activating group) is 1. The lowest BCUT2D eigenvalue weighted by Crippen LogP contribution is -2.59. The van der Waals surface area contributed by atoms with Crippen molar-refractivity contribution in [1.82, 2.24) is 10.2 Å². The van der Waals surface area contributed by atoms with Crippen LogP contribution in [-0.4, -0.2) is 47.8 Å². The summed E-state index contributed by atoms with van der Waals surface area (Å²) in [7, 11) is 0. The molecule has 0 aromatic rings. The molecule has 116 valence electrons. The molecule has 0 radical (unpaired) electrons. The van der Waals surface area contributed by atoms with Crippen molar-refractivity contribution < 1.29 is 5.11 Å². The number of nitrogens with zero attached hydrogens (tertiary/aromatic N) is 1. The number of aliphatic hydroxyl groups excluding tert-OH is 1. The van der Waals surface area contributed by atoms with Crippen LogP contribution in [0.15, 0.2) is 0 Å². The molecule has 3 aliphatic rings. The van der Waals surface area contributed by atoms with Crippen LogP contribution < -0.4 is 5.32 Å².